The van der Waals surface area contributed by atoms with E-state index in [0.717, 1.165) is 33.1 Å². The van der Waals surface area contributed by atoms with Gasteiger partial charge in [0, 0.05) is 29.6 Å². The lowest BCUT2D eigenvalue weighted by Gasteiger charge is -2.08. The summed E-state index contributed by atoms with van der Waals surface area (Å²) in [5.74, 6) is -0.233. The Kier molecular flexibility index (Phi) is 2.54. The summed E-state index contributed by atoms with van der Waals surface area (Å²) < 4.78 is 15.3. The van der Waals surface area contributed by atoms with Crippen LogP contribution in [-0.2, 0) is 7.05 Å². The fourth-order valence-electron chi connectivity index (χ4n) is 2.84. The molecule has 0 aliphatic heterocycles. The lowest BCUT2D eigenvalue weighted by molar-refractivity contribution is 0.628. The van der Waals surface area contributed by atoms with Gasteiger partial charge in [0.2, 0.25) is 0 Å². The molecule has 0 aliphatic carbocycles. The molecule has 4 rings (SSSR count). The first kappa shape index (κ1) is 12.1. The molecule has 2 heterocycles. The van der Waals surface area contributed by atoms with Crippen molar-refractivity contribution < 1.29 is 4.39 Å². The van der Waals surface area contributed by atoms with Crippen LogP contribution < -0.4 is 0 Å². The smallest absolute Gasteiger partial charge is 0.123 e. The van der Waals surface area contributed by atoms with Gasteiger partial charge in [0.1, 0.15) is 5.82 Å². The number of hydrogen-bond donors (Lipinski definition) is 0. The van der Waals surface area contributed by atoms with Crippen LogP contribution in [0.1, 0.15) is 0 Å². The highest BCUT2D eigenvalue weighted by Crippen LogP contribution is 2.32. The first-order valence-electron chi connectivity index (χ1n) is 6.84. The number of pyridine rings is 1. The SMILES string of the molecule is Cn1ccc2c(-c3ccc(F)cc3)nc3ccccc3c21. The Morgan fingerprint density at radius 2 is 1.67 bits per heavy atom. The predicted octanol–water partition coefficient (Wildman–Crippen LogP) is 4.53. The lowest BCUT2D eigenvalue weighted by Crippen LogP contribution is -1.91. The molecule has 102 valence electrons. The molecule has 0 atom stereocenters. The number of halogens is 1. The van der Waals surface area contributed by atoms with Gasteiger partial charge in [-0.15, -0.1) is 0 Å². The Morgan fingerprint density at radius 1 is 0.905 bits per heavy atom. The van der Waals surface area contributed by atoms with Crippen LogP contribution in [0.25, 0.3) is 33.1 Å². The number of rotatable bonds is 1. The van der Waals surface area contributed by atoms with E-state index >= 15 is 0 Å². The highest BCUT2D eigenvalue weighted by Gasteiger charge is 2.12. The van der Waals surface area contributed by atoms with Crippen molar-refractivity contribution in [3.63, 3.8) is 0 Å². The van der Waals surface area contributed by atoms with Crippen molar-refractivity contribution in [1.82, 2.24) is 9.55 Å². The highest BCUT2D eigenvalue weighted by atomic mass is 19.1. The summed E-state index contributed by atoms with van der Waals surface area (Å²) in [5, 5.41) is 2.22. The monoisotopic (exact) mass is 276 g/mol. The second kappa shape index (κ2) is 4.42. The van der Waals surface area contributed by atoms with Crippen LogP contribution in [0.3, 0.4) is 0 Å². The Morgan fingerprint density at radius 3 is 2.48 bits per heavy atom. The standard InChI is InChI=1S/C18H13FN2/c1-21-11-10-15-17(12-6-8-13(19)9-7-12)20-16-5-3-2-4-14(16)18(15)21/h2-11H,1H3. The third-order valence-corrected chi connectivity index (χ3v) is 3.84. The fraction of sp³-hybridized carbons (Fsp3) is 0.0556. The van der Waals surface area contributed by atoms with Crippen LogP contribution in [-0.4, -0.2) is 9.55 Å². The zero-order chi connectivity index (χ0) is 14.4. The molecule has 2 nitrogen and oxygen atoms in total. The van der Waals surface area contributed by atoms with E-state index in [1.165, 1.54) is 12.1 Å². The topological polar surface area (TPSA) is 17.8 Å². The zero-order valence-electron chi connectivity index (χ0n) is 11.5. The van der Waals surface area contributed by atoms with Gasteiger partial charge in [0.25, 0.3) is 0 Å². The van der Waals surface area contributed by atoms with E-state index in [1.54, 1.807) is 12.1 Å². The molecule has 0 unspecified atom stereocenters. The van der Waals surface area contributed by atoms with Gasteiger partial charge in [-0.1, -0.05) is 18.2 Å². The van der Waals surface area contributed by atoms with Crippen molar-refractivity contribution in [1.29, 1.82) is 0 Å². The average molecular weight is 276 g/mol. The van der Waals surface area contributed by atoms with Gasteiger partial charge in [0.05, 0.1) is 16.7 Å². The lowest BCUT2D eigenvalue weighted by atomic mass is 10.0. The number of nitrogens with zero attached hydrogens (tertiary/aromatic N) is 2. The number of hydrogen-bond acceptors (Lipinski definition) is 1. The maximum absolute atomic E-state index is 13.1. The molecule has 0 N–H and O–H groups in total. The summed E-state index contributed by atoms with van der Waals surface area (Å²) in [5.41, 5.74) is 3.92. The van der Waals surface area contributed by atoms with Gasteiger partial charge in [-0.3, -0.25) is 0 Å². The number of aromatic nitrogens is 2. The van der Waals surface area contributed by atoms with Crippen molar-refractivity contribution in [2.24, 2.45) is 7.05 Å². The average Bonchev–Trinajstić information content (AvgIpc) is 2.90. The molecule has 3 heteroatoms. The Bertz CT molecular complexity index is 952. The summed E-state index contributed by atoms with van der Waals surface area (Å²) in [6, 6.07) is 16.7. The molecule has 0 spiro atoms. The normalized spacial score (nSPS) is 11.3. The molecule has 0 amide bonds. The van der Waals surface area contributed by atoms with E-state index in [0.29, 0.717) is 0 Å². The third kappa shape index (κ3) is 1.82. The second-order valence-electron chi connectivity index (χ2n) is 5.17. The molecule has 0 saturated heterocycles. The Hall–Kier alpha value is -2.68. The van der Waals surface area contributed by atoms with Gasteiger partial charge >= 0.3 is 0 Å². The predicted molar refractivity (Wildman–Crippen MR) is 83.6 cm³/mol. The summed E-state index contributed by atoms with van der Waals surface area (Å²) in [6.07, 6.45) is 2.03. The number of aryl methyl sites for hydroxylation is 1. The van der Waals surface area contributed by atoms with Gasteiger partial charge in [-0.2, -0.15) is 0 Å². The van der Waals surface area contributed by atoms with Crippen molar-refractivity contribution >= 4 is 21.8 Å². The first-order chi connectivity index (χ1) is 10.2. The largest absolute Gasteiger partial charge is 0.350 e. The van der Waals surface area contributed by atoms with E-state index in [-0.39, 0.29) is 5.82 Å². The maximum Gasteiger partial charge on any atom is 0.123 e. The van der Waals surface area contributed by atoms with E-state index in [2.05, 4.69) is 16.7 Å². The van der Waals surface area contributed by atoms with Crippen molar-refractivity contribution in [3.05, 3.63) is 66.6 Å². The molecule has 0 aliphatic rings. The zero-order valence-corrected chi connectivity index (χ0v) is 11.5. The van der Waals surface area contributed by atoms with E-state index in [4.69, 9.17) is 4.98 Å². The van der Waals surface area contributed by atoms with E-state index in [9.17, 15) is 4.39 Å². The minimum absolute atomic E-state index is 0.233. The van der Waals surface area contributed by atoms with Crippen molar-refractivity contribution in [3.8, 4) is 11.3 Å². The van der Waals surface area contributed by atoms with Gasteiger partial charge < -0.3 is 4.57 Å². The summed E-state index contributed by atoms with van der Waals surface area (Å²) in [7, 11) is 2.03. The molecule has 0 fully saturated rings. The van der Waals surface area contributed by atoms with Crippen LogP contribution in [0.4, 0.5) is 4.39 Å². The molecule has 21 heavy (non-hydrogen) atoms. The maximum atomic E-state index is 13.1. The third-order valence-electron chi connectivity index (χ3n) is 3.84. The molecule has 2 aromatic heterocycles. The Labute approximate surface area is 121 Å². The van der Waals surface area contributed by atoms with E-state index < -0.39 is 0 Å². The van der Waals surface area contributed by atoms with Crippen LogP contribution in [0, 0.1) is 5.82 Å². The van der Waals surface area contributed by atoms with Gasteiger partial charge in [-0.25, -0.2) is 9.37 Å². The summed E-state index contributed by atoms with van der Waals surface area (Å²) in [4.78, 5) is 4.78. The van der Waals surface area contributed by atoms with Crippen LogP contribution in [0.2, 0.25) is 0 Å². The quantitative estimate of drug-likeness (QED) is 0.499. The van der Waals surface area contributed by atoms with Gasteiger partial charge in [0.15, 0.2) is 0 Å². The van der Waals surface area contributed by atoms with Crippen molar-refractivity contribution in [2.75, 3.05) is 0 Å². The molecule has 0 radical (unpaired) electrons. The molecule has 4 aromatic rings. The van der Waals surface area contributed by atoms with Crippen LogP contribution >= 0.6 is 0 Å². The number of para-hydroxylation sites is 1. The molecule has 0 bridgehead atoms. The van der Waals surface area contributed by atoms with Crippen LogP contribution in [0.5, 0.6) is 0 Å². The summed E-state index contributed by atoms with van der Waals surface area (Å²) in [6.45, 7) is 0. The molecule has 2 aromatic carbocycles. The minimum Gasteiger partial charge on any atom is -0.350 e. The first-order valence-corrected chi connectivity index (χ1v) is 6.84. The molecule has 0 saturated carbocycles. The minimum atomic E-state index is -0.233. The van der Waals surface area contributed by atoms with Crippen molar-refractivity contribution in [2.45, 2.75) is 0 Å². The summed E-state index contributed by atoms with van der Waals surface area (Å²) >= 11 is 0. The molecular formula is C18H13FN2. The Balaban J connectivity index is 2.14. The number of benzene rings is 2. The number of fused-ring (bicyclic) bond motifs is 3. The highest BCUT2D eigenvalue weighted by molar-refractivity contribution is 6.09. The van der Waals surface area contributed by atoms with Gasteiger partial charge in [-0.05, 0) is 36.4 Å². The second-order valence-corrected chi connectivity index (χ2v) is 5.17. The molecular weight excluding hydrogens is 263 g/mol. The fourth-order valence-corrected chi connectivity index (χ4v) is 2.84. The van der Waals surface area contributed by atoms with E-state index in [1.807, 2.05) is 31.4 Å². The van der Waals surface area contributed by atoms with Crippen LogP contribution in [0.15, 0.2) is 60.8 Å².